The minimum atomic E-state index is -0.616. The maximum Gasteiger partial charge on any atom is 0.189 e. The second-order valence-electron chi connectivity index (χ2n) is 4.35. The van der Waals surface area contributed by atoms with Gasteiger partial charge in [-0.15, -0.1) is 0 Å². The van der Waals surface area contributed by atoms with Crippen LogP contribution in [0.25, 0.3) is 10.9 Å². The maximum atomic E-state index is 14.2. The van der Waals surface area contributed by atoms with Gasteiger partial charge in [0.05, 0.1) is 5.02 Å². The van der Waals surface area contributed by atoms with Gasteiger partial charge in [-0.05, 0) is 24.3 Å². The number of nitrogen functional groups attached to an aromatic ring is 1. The summed E-state index contributed by atoms with van der Waals surface area (Å²) in [5.41, 5.74) is 6.41. The number of hydrogen-bond acceptors (Lipinski definition) is 3. The molecule has 6 heteroatoms. The van der Waals surface area contributed by atoms with E-state index in [0.717, 1.165) is 0 Å². The van der Waals surface area contributed by atoms with Crippen molar-refractivity contribution in [1.29, 1.82) is 0 Å². The lowest BCUT2D eigenvalue weighted by molar-refractivity contribution is 0.447. The molecule has 0 aliphatic carbocycles. The average Bonchev–Trinajstić information content (AvgIpc) is 2.47. The number of rotatable bonds is 2. The van der Waals surface area contributed by atoms with Crippen LogP contribution in [0.2, 0.25) is 10.0 Å². The van der Waals surface area contributed by atoms with Crippen LogP contribution in [0.4, 0.5) is 10.1 Å². The Morgan fingerprint density at radius 1 is 1.14 bits per heavy atom. The molecule has 0 saturated heterocycles. The van der Waals surface area contributed by atoms with E-state index in [4.69, 9.17) is 33.7 Å². The molecule has 0 spiro atoms. The van der Waals surface area contributed by atoms with Gasteiger partial charge in [-0.1, -0.05) is 23.2 Å². The lowest BCUT2D eigenvalue weighted by Crippen LogP contribution is -1.96. The van der Waals surface area contributed by atoms with Crippen molar-refractivity contribution in [3.8, 4) is 11.5 Å². The fourth-order valence-corrected chi connectivity index (χ4v) is 2.29. The van der Waals surface area contributed by atoms with E-state index < -0.39 is 5.82 Å². The molecule has 2 aromatic carbocycles. The third-order valence-electron chi connectivity index (χ3n) is 2.94. The third kappa shape index (κ3) is 2.60. The molecule has 0 aliphatic heterocycles. The molecule has 1 aromatic heterocycles. The lowest BCUT2D eigenvalue weighted by Gasteiger charge is -2.12. The first-order valence-electron chi connectivity index (χ1n) is 6.02. The van der Waals surface area contributed by atoms with Crippen molar-refractivity contribution in [3.63, 3.8) is 0 Å². The van der Waals surface area contributed by atoms with E-state index in [1.807, 2.05) is 0 Å². The second-order valence-corrected chi connectivity index (χ2v) is 5.20. The lowest BCUT2D eigenvalue weighted by atomic mass is 10.1. The molecule has 3 rings (SSSR count). The van der Waals surface area contributed by atoms with E-state index in [2.05, 4.69) is 4.98 Å². The Hall–Kier alpha value is -2.04. The standard InChI is InChI=1S/C15H9Cl2FN2O/c16-8-3-4-10(17)13(6-8)21-15-11(18)7-12(19)9-2-1-5-20-14(9)15/h1-7H,19H2. The fraction of sp³-hybridized carbons (Fsp3) is 0. The molecule has 0 fully saturated rings. The van der Waals surface area contributed by atoms with Crippen LogP contribution in [-0.2, 0) is 0 Å². The van der Waals surface area contributed by atoms with E-state index in [0.29, 0.717) is 26.6 Å². The molecule has 1 heterocycles. The molecule has 106 valence electrons. The number of nitrogens with zero attached hydrogens (tertiary/aromatic N) is 1. The molecular weight excluding hydrogens is 314 g/mol. The zero-order chi connectivity index (χ0) is 15.0. The van der Waals surface area contributed by atoms with Gasteiger partial charge in [-0.2, -0.15) is 0 Å². The SMILES string of the molecule is Nc1cc(F)c(Oc2cc(Cl)ccc2Cl)c2ncccc12. The highest BCUT2D eigenvalue weighted by Gasteiger charge is 2.15. The summed E-state index contributed by atoms with van der Waals surface area (Å²) in [7, 11) is 0. The number of anilines is 1. The van der Waals surface area contributed by atoms with Gasteiger partial charge in [0.1, 0.15) is 11.3 Å². The van der Waals surface area contributed by atoms with Crippen LogP contribution in [0.15, 0.2) is 42.6 Å². The summed E-state index contributed by atoms with van der Waals surface area (Å²) in [6.07, 6.45) is 1.54. The zero-order valence-corrected chi connectivity index (χ0v) is 12.1. The molecule has 0 amide bonds. The topological polar surface area (TPSA) is 48.1 Å². The molecule has 0 radical (unpaired) electrons. The van der Waals surface area contributed by atoms with E-state index in [1.165, 1.54) is 18.3 Å². The Labute approximate surface area is 130 Å². The number of pyridine rings is 1. The highest BCUT2D eigenvalue weighted by Crippen LogP contribution is 2.37. The zero-order valence-electron chi connectivity index (χ0n) is 10.6. The molecule has 3 nitrogen and oxygen atoms in total. The number of hydrogen-bond donors (Lipinski definition) is 1. The van der Waals surface area contributed by atoms with Gasteiger partial charge >= 0.3 is 0 Å². The van der Waals surface area contributed by atoms with Crippen molar-refractivity contribution < 1.29 is 9.13 Å². The van der Waals surface area contributed by atoms with E-state index >= 15 is 0 Å². The minimum absolute atomic E-state index is 0.0380. The van der Waals surface area contributed by atoms with Gasteiger partial charge in [0.15, 0.2) is 11.6 Å². The third-order valence-corrected chi connectivity index (χ3v) is 3.49. The van der Waals surface area contributed by atoms with Crippen molar-refractivity contribution in [2.75, 3.05) is 5.73 Å². The Balaban J connectivity index is 2.19. The van der Waals surface area contributed by atoms with E-state index in [1.54, 1.807) is 24.3 Å². The maximum absolute atomic E-state index is 14.2. The van der Waals surface area contributed by atoms with Crippen LogP contribution >= 0.6 is 23.2 Å². The molecule has 0 saturated carbocycles. The first-order valence-corrected chi connectivity index (χ1v) is 6.77. The van der Waals surface area contributed by atoms with Crippen LogP contribution in [-0.4, -0.2) is 4.98 Å². The summed E-state index contributed by atoms with van der Waals surface area (Å²) in [5, 5.41) is 1.36. The van der Waals surface area contributed by atoms with Gasteiger partial charge in [-0.3, -0.25) is 4.98 Å². The number of ether oxygens (including phenoxy) is 1. The summed E-state index contributed by atoms with van der Waals surface area (Å²) in [6, 6.07) is 9.35. The molecule has 0 unspecified atom stereocenters. The summed E-state index contributed by atoms with van der Waals surface area (Å²) in [4.78, 5) is 4.13. The number of fused-ring (bicyclic) bond motifs is 1. The predicted molar refractivity (Wildman–Crippen MR) is 82.6 cm³/mol. The average molecular weight is 323 g/mol. The summed E-state index contributed by atoms with van der Waals surface area (Å²) in [6.45, 7) is 0. The van der Waals surface area contributed by atoms with Crippen molar-refractivity contribution >= 4 is 39.8 Å². The molecule has 3 aromatic rings. The largest absolute Gasteiger partial charge is 0.450 e. The van der Waals surface area contributed by atoms with Crippen molar-refractivity contribution in [3.05, 3.63) is 58.5 Å². The highest BCUT2D eigenvalue weighted by molar-refractivity contribution is 6.34. The van der Waals surface area contributed by atoms with Crippen molar-refractivity contribution in [2.45, 2.75) is 0 Å². The summed E-state index contributed by atoms with van der Waals surface area (Å²) >= 11 is 11.9. The summed E-state index contributed by atoms with van der Waals surface area (Å²) < 4.78 is 19.8. The quantitative estimate of drug-likeness (QED) is 0.671. The summed E-state index contributed by atoms with van der Waals surface area (Å²) in [5.74, 6) is -0.404. The number of halogens is 3. The Morgan fingerprint density at radius 3 is 2.76 bits per heavy atom. The smallest absolute Gasteiger partial charge is 0.189 e. The van der Waals surface area contributed by atoms with Crippen molar-refractivity contribution in [2.24, 2.45) is 0 Å². The first kappa shape index (κ1) is 13.9. The van der Waals surface area contributed by atoms with Crippen LogP contribution < -0.4 is 10.5 Å². The highest BCUT2D eigenvalue weighted by atomic mass is 35.5. The van der Waals surface area contributed by atoms with Gasteiger partial charge in [0.25, 0.3) is 0 Å². The van der Waals surface area contributed by atoms with Crippen molar-refractivity contribution in [1.82, 2.24) is 4.98 Å². The molecule has 2 N–H and O–H groups in total. The second kappa shape index (κ2) is 5.39. The molecular formula is C15H9Cl2FN2O. The molecule has 0 atom stereocenters. The van der Waals surface area contributed by atoms with Crippen LogP contribution in [0.1, 0.15) is 0 Å². The molecule has 0 aliphatic rings. The van der Waals surface area contributed by atoms with Crippen LogP contribution in [0.5, 0.6) is 11.5 Å². The molecule has 0 bridgehead atoms. The normalized spacial score (nSPS) is 10.8. The fourth-order valence-electron chi connectivity index (χ4n) is 1.97. The number of nitrogens with two attached hydrogens (primary N) is 1. The first-order chi connectivity index (χ1) is 10.1. The van der Waals surface area contributed by atoms with E-state index in [9.17, 15) is 4.39 Å². The minimum Gasteiger partial charge on any atom is -0.450 e. The Kier molecular flexibility index (Phi) is 3.57. The monoisotopic (exact) mass is 322 g/mol. The van der Waals surface area contributed by atoms with Crippen LogP contribution in [0, 0.1) is 5.82 Å². The van der Waals surface area contributed by atoms with Gasteiger partial charge in [0.2, 0.25) is 0 Å². The number of benzene rings is 2. The van der Waals surface area contributed by atoms with Crippen LogP contribution in [0.3, 0.4) is 0 Å². The number of aromatic nitrogens is 1. The molecule has 21 heavy (non-hydrogen) atoms. The van der Waals surface area contributed by atoms with Gasteiger partial charge in [-0.25, -0.2) is 4.39 Å². The Morgan fingerprint density at radius 2 is 1.95 bits per heavy atom. The Bertz CT molecular complexity index is 839. The van der Waals surface area contributed by atoms with Gasteiger partial charge in [0, 0.05) is 34.4 Å². The predicted octanol–water partition coefficient (Wildman–Crippen LogP) is 5.06. The van der Waals surface area contributed by atoms with Gasteiger partial charge < -0.3 is 10.5 Å². The van der Waals surface area contributed by atoms with E-state index in [-0.39, 0.29) is 11.5 Å².